The molecule has 0 atom stereocenters. The predicted molar refractivity (Wildman–Crippen MR) is 81.9 cm³/mol. The monoisotopic (exact) mass is 278 g/mol. The molecule has 2 nitrogen and oxygen atoms in total. The van der Waals surface area contributed by atoms with Crippen LogP contribution in [0.3, 0.4) is 0 Å². The van der Waals surface area contributed by atoms with E-state index in [1.165, 1.54) is 50.0 Å². The van der Waals surface area contributed by atoms with Crippen molar-refractivity contribution in [1.29, 1.82) is 0 Å². The molecule has 2 aliphatic carbocycles. The van der Waals surface area contributed by atoms with Gasteiger partial charge < -0.3 is 10.6 Å². The van der Waals surface area contributed by atoms with E-state index in [9.17, 15) is 0 Å². The van der Waals surface area contributed by atoms with E-state index in [0.29, 0.717) is 6.54 Å². The number of hydrogen-bond acceptors (Lipinski definition) is 2. The molecule has 2 fully saturated rings. The molecule has 0 aliphatic heterocycles. The maximum Gasteiger partial charge on any atom is 0.0642 e. The van der Waals surface area contributed by atoms with Crippen molar-refractivity contribution in [3.05, 3.63) is 28.8 Å². The van der Waals surface area contributed by atoms with E-state index in [2.05, 4.69) is 23.1 Å². The molecule has 104 valence electrons. The highest BCUT2D eigenvalue weighted by Crippen LogP contribution is 2.38. The van der Waals surface area contributed by atoms with E-state index in [0.717, 1.165) is 23.3 Å². The Morgan fingerprint density at radius 3 is 2.21 bits per heavy atom. The van der Waals surface area contributed by atoms with Crippen LogP contribution in [0.25, 0.3) is 0 Å². The van der Waals surface area contributed by atoms with Crippen molar-refractivity contribution in [3.8, 4) is 0 Å². The van der Waals surface area contributed by atoms with Crippen LogP contribution in [-0.2, 0) is 6.42 Å². The summed E-state index contributed by atoms with van der Waals surface area (Å²) >= 11 is 6.49. The molecule has 0 bridgehead atoms. The number of benzene rings is 1. The van der Waals surface area contributed by atoms with Crippen LogP contribution in [0.5, 0.6) is 0 Å². The Morgan fingerprint density at radius 1 is 1.11 bits per heavy atom. The van der Waals surface area contributed by atoms with Gasteiger partial charge in [0.25, 0.3) is 0 Å². The van der Waals surface area contributed by atoms with Gasteiger partial charge in [-0.25, -0.2) is 0 Å². The van der Waals surface area contributed by atoms with E-state index in [4.69, 9.17) is 17.3 Å². The zero-order valence-corrected chi connectivity index (χ0v) is 12.2. The second kappa shape index (κ2) is 5.72. The summed E-state index contributed by atoms with van der Waals surface area (Å²) in [5, 5.41) is 0.896. The molecule has 1 aromatic rings. The van der Waals surface area contributed by atoms with Gasteiger partial charge in [0, 0.05) is 13.1 Å². The van der Waals surface area contributed by atoms with Gasteiger partial charge in [0.15, 0.2) is 0 Å². The van der Waals surface area contributed by atoms with Crippen LogP contribution < -0.4 is 10.6 Å². The number of halogens is 1. The van der Waals surface area contributed by atoms with Crippen molar-refractivity contribution in [2.75, 3.05) is 24.5 Å². The molecule has 2 N–H and O–H groups in total. The van der Waals surface area contributed by atoms with E-state index >= 15 is 0 Å². The van der Waals surface area contributed by atoms with Crippen LogP contribution in [-0.4, -0.2) is 19.6 Å². The predicted octanol–water partition coefficient (Wildman–Crippen LogP) is 3.47. The Bertz CT molecular complexity index is 424. The third-order valence-corrected chi connectivity index (χ3v) is 4.44. The lowest BCUT2D eigenvalue weighted by molar-refractivity contribution is 0.679. The highest BCUT2D eigenvalue weighted by Gasteiger charge is 2.30. The summed E-state index contributed by atoms with van der Waals surface area (Å²) in [5.74, 6) is 1.80. The second-order valence-electron chi connectivity index (χ2n) is 6.12. The maximum absolute atomic E-state index is 6.49. The van der Waals surface area contributed by atoms with Gasteiger partial charge in [-0.2, -0.15) is 0 Å². The molecule has 0 amide bonds. The SMILES string of the molecule is NCCc1ccc(N(CC2CC2)CC2CC2)c(Cl)c1. The first-order valence-electron chi connectivity index (χ1n) is 7.49. The highest BCUT2D eigenvalue weighted by molar-refractivity contribution is 6.33. The summed E-state index contributed by atoms with van der Waals surface area (Å²) < 4.78 is 0. The summed E-state index contributed by atoms with van der Waals surface area (Å²) in [6.07, 6.45) is 6.48. The molecular weight excluding hydrogens is 256 g/mol. The van der Waals surface area contributed by atoms with Crippen molar-refractivity contribution in [3.63, 3.8) is 0 Å². The third kappa shape index (κ3) is 3.64. The Labute approximate surface area is 120 Å². The summed E-state index contributed by atoms with van der Waals surface area (Å²) in [6.45, 7) is 3.06. The lowest BCUT2D eigenvalue weighted by Crippen LogP contribution is -2.28. The molecule has 0 spiro atoms. The highest BCUT2D eigenvalue weighted by atomic mass is 35.5. The van der Waals surface area contributed by atoms with Gasteiger partial charge in [-0.3, -0.25) is 0 Å². The zero-order valence-electron chi connectivity index (χ0n) is 11.4. The molecule has 0 heterocycles. The van der Waals surface area contributed by atoms with Gasteiger partial charge in [-0.1, -0.05) is 17.7 Å². The van der Waals surface area contributed by atoms with Crippen LogP contribution in [0, 0.1) is 11.8 Å². The van der Waals surface area contributed by atoms with Gasteiger partial charge in [0.2, 0.25) is 0 Å². The lowest BCUT2D eigenvalue weighted by atomic mass is 10.1. The first kappa shape index (κ1) is 13.3. The smallest absolute Gasteiger partial charge is 0.0642 e. The maximum atomic E-state index is 6.49. The fourth-order valence-electron chi connectivity index (χ4n) is 2.62. The summed E-state index contributed by atoms with van der Waals surface area (Å²) in [6, 6.07) is 6.47. The normalized spacial score (nSPS) is 18.6. The van der Waals surface area contributed by atoms with Crippen LogP contribution >= 0.6 is 11.6 Å². The average molecular weight is 279 g/mol. The summed E-state index contributed by atoms with van der Waals surface area (Å²) in [7, 11) is 0. The minimum Gasteiger partial charge on any atom is -0.370 e. The van der Waals surface area contributed by atoms with E-state index in [-0.39, 0.29) is 0 Å². The van der Waals surface area contributed by atoms with Crippen LogP contribution in [0.4, 0.5) is 5.69 Å². The number of anilines is 1. The fourth-order valence-corrected chi connectivity index (χ4v) is 2.95. The molecule has 3 heteroatoms. The second-order valence-corrected chi connectivity index (χ2v) is 6.52. The lowest BCUT2D eigenvalue weighted by Gasteiger charge is -2.26. The zero-order chi connectivity index (χ0) is 13.2. The third-order valence-electron chi connectivity index (χ3n) is 4.14. The van der Waals surface area contributed by atoms with Crippen molar-refractivity contribution in [1.82, 2.24) is 0 Å². The van der Waals surface area contributed by atoms with E-state index < -0.39 is 0 Å². The molecule has 0 radical (unpaired) electrons. The molecule has 3 rings (SSSR count). The topological polar surface area (TPSA) is 29.3 Å². The molecule has 19 heavy (non-hydrogen) atoms. The van der Waals surface area contributed by atoms with Crippen molar-refractivity contribution in [2.45, 2.75) is 32.1 Å². The molecule has 0 saturated heterocycles. The van der Waals surface area contributed by atoms with Crippen LogP contribution in [0.15, 0.2) is 18.2 Å². The summed E-state index contributed by atoms with van der Waals surface area (Å²) in [5.41, 5.74) is 8.07. The van der Waals surface area contributed by atoms with Gasteiger partial charge in [-0.15, -0.1) is 0 Å². The molecule has 2 saturated carbocycles. The Morgan fingerprint density at radius 2 is 1.74 bits per heavy atom. The Kier molecular flexibility index (Phi) is 3.99. The largest absolute Gasteiger partial charge is 0.370 e. The molecule has 1 aromatic carbocycles. The number of nitrogens with two attached hydrogens (primary N) is 1. The molecule has 0 aromatic heterocycles. The van der Waals surface area contributed by atoms with Crippen molar-refractivity contribution < 1.29 is 0 Å². The first-order chi connectivity index (χ1) is 9.26. The van der Waals surface area contributed by atoms with Gasteiger partial charge in [0.05, 0.1) is 10.7 Å². The van der Waals surface area contributed by atoms with Crippen LogP contribution in [0.1, 0.15) is 31.2 Å². The summed E-state index contributed by atoms with van der Waals surface area (Å²) in [4.78, 5) is 2.52. The van der Waals surface area contributed by atoms with Crippen molar-refractivity contribution in [2.24, 2.45) is 17.6 Å². The van der Waals surface area contributed by atoms with Crippen LogP contribution in [0.2, 0.25) is 5.02 Å². The quantitative estimate of drug-likeness (QED) is 0.828. The van der Waals surface area contributed by atoms with Gasteiger partial charge >= 0.3 is 0 Å². The van der Waals surface area contributed by atoms with Gasteiger partial charge in [-0.05, 0) is 68.2 Å². The van der Waals surface area contributed by atoms with E-state index in [1.54, 1.807) is 0 Å². The Balaban J connectivity index is 1.75. The Hall–Kier alpha value is -0.730. The standard InChI is InChI=1S/C16H23ClN2/c17-15-9-12(7-8-18)5-6-16(15)19(10-13-1-2-13)11-14-3-4-14/h5-6,9,13-14H,1-4,7-8,10-11,18H2. The van der Waals surface area contributed by atoms with E-state index in [1.807, 2.05) is 0 Å². The van der Waals surface area contributed by atoms with Gasteiger partial charge in [0.1, 0.15) is 0 Å². The number of nitrogens with zero attached hydrogens (tertiary/aromatic N) is 1. The first-order valence-corrected chi connectivity index (χ1v) is 7.87. The number of rotatable bonds is 7. The average Bonchev–Trinajstić information content (AvgIpc) is 3.24. The molecular formula is C16H23ClN2. The van der Waals surface area contributed by atoms with Crippen molar-refractivity contribution >= 4 is 17.3 Å². The molecule has 0 unspecified atom stereocenters. The minimum absolute atomic E-state index is 0.684. The minimum atomic E-state index is 0.684. The fraction of sp³-hybridized carbons (Fsp3) is 0.625. The molecule has 2 aliphatic rings. The number of hydrogen-bond donors (Lipinski definition) is 1.